The van der Waals surface area contributed by atoms with Crippen molar-refractivity contribution in [1.29, 1.82) is 0 Å². The number of esters is 1. The standard InChI is InChI=1S/C26H30FNO3/c1-2-3-4-5-6-7-8-11-18-30-22-16-14-20(15-17-22)25-28-24(26(29)31-25)19-21-12-9-10-13-23(21)27/h9-10,12-17,19H,2-8,11,18H2,1H3. The van der Waals surface area contributed by atoms with Gasteiger partial charge in [-0.05, 0) is 42.8 Å². The summed E-state index contributed by atoms with van der Waals surface area (Å²) in [5.74, 6) is -0.0151. The van der Waals surface area contributed by atoms with Crippen LogP contribution in [0.1, 0.15) is 69.4 Å². The van der Waals surface area contributed by atoms with Crippen LogP contribution in [-0.2, 0) is 9.53 Å². The molecule has 31 heavy (non-hydrogen) atoms. The molecule has 0 radical (unpaired) electrons. The average molecular weight is 424 g/mol. The van der Waals surface area contributed by atoms with E-state index in [0.29, 0.717) is 17.7 Å². The number of cyclic esters (lactones) is 1. The Labute approximate surface area is 183 Å². The van der Waals surface area contributed by atoms with Gasteiger partial charge >= 0.3 is 5.97 Å². The van der Waals surface area contributed by atoms with Gasteiger partial charge in [0.1, 0.15) is 11.6 Å². The second-order valence-corrected chi connectivity index (χ2v) is 7.71. The number of halogens is 1. The summed E-state index contributed by atoms with van der Waals surface area (Å²) in [6, 6.07) is 13.5. The highest BCUT2D eigenvalue weighted by Crippen LogP contribution is 2.22. The molecule has 0 atom stereocenters. The summed E-state index contributed by atoms with van der Waals surface area (Å²) < 4.78 is 24.9. The smallest absolute Gasteiger partial charge is 0.363 e. The normalized spacial score (nSPS) is 14.6. The van der Waals surface area contributed by atoms with Crippen LogP contribution in [-0.4, -0.2) is 18.5 Å². The predicted molar refractivity (Wildman–Crippen MR) is 122 cm³/mol. The molecule has 0 aliphatic carbocycles. The number of nitrogens with zero attached hydrogens (tertiary/aromatic N) is 1. The minimum Gasteiger partial charge on any atom is -0.494 e. The van der Waals surface area contributed by atoms with Gasteiger partial charge in [0.15, 0.2) is 5.70 Å². The van der Waals surface area contributed by atoms with Gasteiger partial charge in [0.2, 0.25) is 5.90 Å². The minimum absolute atomic E-state index is 0.0788. The second kappa shape index (κ2) is 12.0. The van der Waals surface area contributed by atoms with Gasteiger partial charge in [0.05, 0.1) is 6.61 Å². The number of ether oxygens (including phenoxy) is 2. The van der Waals surface area contributed by atoms with Crippen molar-refractivity contribution in [3.05, 3.63) is 71.2 Å². The Morgan fingerprint density at radius 2 is 1.61 bits per heavy atom. The summed E-state index contributed by atoms with van der Waals surface area (Å²) in [6.07, 6.45) is 11.5. The molecule has 2 aromatic carbocycles. The Hall–Kier alpha value is -2.95. The van der Waals surface area contributed by atoms with Crippen molar-refractivity contribution in [3.8, 4) is 5.75 Å². The zero-order valence-corrected chi connectivity index (χ0v) is 18.1. The van der Waals surface area contributed by atoms with Crippen molar-refractivity contribution in [2.75, 3.05) is 6.61 Å². The van der Waals surface area contributed by atoms with Crippen molar-refractivity contribution in [2.45, 2.75) is 58.3 Å². The lowest BCUT2D eigenvalue weighted by Gasteiger charge is -2.07. The number of unbranched alkanes of at least 4 members (excludes halogenated alkanes) is 7. The Bertz CT molecular complexity index is 919. The summed E-state index contributed by atoms with van der Waals surface area (Å²) in [6.45, 7) is 2.93. The van der Waals surface area contributed by atoms with Crippen LogP contribution in [0.5, 0.6) is 5.75 Å². The van der Waals surface area contributed by atoms with Crippen LogP contribution >= 0.6 is 0 Å². The molecule has 0 aromatic heterocycles. The van der Waals surface area contributed by atoms with E-state index in [0.717, 1.165) is 12.2 Å². The van der Waals surface area contributed by atoms with E-state index in [1.54, 1.807) is 30.3 Å². The minimum atomic E-state index is -0.590. The lowest BCUT2D eigenvalue weighted by molar-refractivity contribution is -0.129. The van der Waals surface area contributed by atoms with E-state index in [9.17, 15) is 9.18 Å². The first-order chi connectivity index (χ1) is 15.2. The van der Waals surface area contributed by atoms with Gasteiger partial charge < -0.3 is 9.47 Å². The fourth-order valence-corrected chi connectivity index (χ4v) is 3.39. The van der Waals surface area contributed by atoms with Gasteiger partial charge in [-0.3, -0.25) is 0 Å². The van der Waals surface area contributed by atoms with Crippen LogP contribution < -0.4 is 4.74 Å². The highest BCUT2D eigenvalue weighted by molar-refractivity contribution is 6.12. The maximum Gasteiger partial charge on any atom is 0.363 e. The molecule has 0 unspecified atom stereocenters. The third kappa shape index (κ3) is 7.06. The van der Waals surface area contributed by atoms with E-state index >= 15 is 0 Å². The fourth-order valence-electron chi connectivity index (χ4n) is 3.39. The topological polar surface area (TPSA) is 47.9 Å². The summed E-state index contributed by atoms with van der Waals surface area (Å²) >= 11 is 0. The van der Waals surface area contributed by atoms with Gasteiger partial charge in [0.25, 0.3) is 0 Å². The number of benzene rings is 2. The summed E-state index contributed by atoms with van der Waals surface area (Å²) in [4.78, 5) is 16.3. The number of aliphatic imine (C=N–C) groups is 1. The molecule has 3 rings (SSSR count). The molecule has 0 saturated heterocycles. The predicted octanol–water partition coefficient (Wildman–Crippen LogP) is 6.69. The second-order valence-electron chi connectivity index (χ2n) is 7.71. The first kappa shape index (κ1) is 22.7. The molecule has 164 valence electrons. The van der Waals surface area contributed by atoms with Crippen LogP contribution in [0, 0.1) is 5.82 Å². The summed E-state index contributed by atoms with van der Waals surface area (Å²) in [7, 11) is 0. The number of rotatable bonds is 12. The maximum absolute atomic E-state index is 13.8. The fraction of sp³-hybridized carbons (Fsp3) is 0.385. The van der Waals surface area contributed by atoms with Crippen molar-refractivity contribution in [3.63, 3.8) is 0 Å². The Morgan fingerprint density at radius 1 is 0.935 bits per heavy atom. The number of carbonyl (C=O) groups excluding carboxylic acids is 1. The lowest BCUT2D eigenvalue weighted by Crippen LogP contribution is -2.05. The zero-order chi connectivity index (χ0) is 21.9. The third-order valence-corrected chi connectivity index (χ3v) is 5.19. The molecule has 0 N–H and O–H groups in total. The molecule has 0 amide bonds. The van der Waals surface area contributed by atoms with E-state index in [4.69, 9.17) is 9.47 Å². The Morgan fingerprint density at radius 3 is 2.32 bits per heavy atom. The first-order valence-corrected chi connectivity index (χ1v) is 11.2. The monoisotopic (exact) mass is 423 g/mol. The van der Waals surface area contributed by atoms with E-state index in [-0.39, 0.29) is 11.6 Å². The molecule has 5 heteroatoms. The molecule has 1 aliphatic heterocycles. The molecular weight excluding hydrogens is 393 g/mol. The molecule has 4 nitrogen and oxygen atoms in total. The van der Waals surface area contributed by atoms with Gasteiger partial charge in [0, 0.05) is 11.1 Å². The van der Waals surface area contributed by atoms with E-state index < -0.39 is 11.8 Å². The highest BCUT2D eigenvalue weighted by Gasteiger charge is 2.24. The Kier molecular flexibility index (Phi) is 8.83. The van der Waals surface area contributed by atoms with Crippen LogP contribution in [0.4, 0.5) is 4.39 Å². The van der Waals surface area contributed by atoms with Gasteiger partial charge in [-0.15, -0.1) is 0 Å². The van der Waals surface area contributed by atoms with E-state index in [1.807, 2.05) is 12.1 Å². The van der Waals surface area contributed by atoms with E-state index in [1.165, 1.54) is 57.1 Å². The highest BCUT2D eigenvalue weighted by atomic mass is 19.1. The SMILES string of the molecule is CCCCCCCCCCOc1ccc(C2=NC(=Cc3ccccc3F)C(=O)O2)cc1. The Balaban J connectivity index is 1.47. The molecule has 0 fully saturated rings. The quantitative estimate of drug-likeness (QED) is 0.217. The van der Waals surface area contributed by atoms with Crippen molar-refractivity contribution in [2.24, 2.45) is 4.99 Å². The van der Waals surface area contributed by atoms with Gasteiger partial charge in [-0.1, -0.05) is 70.1 Å². The third-order valence-electron chi connectivity index (χ3n) is 5.19. The molecular formula is C26H30FNO3. The number of hydrogen-bond donors (Lipinski definition) is 0. The summed E-state index contributed by atoms with van der Waals surface area (Å²) in [5.41, 5.74) is 1.05. The molecule has 0 bridgehead atoms. The van der Waals surface area contributed by atoms with Crippen molar-refractivity contribution >= 4 is 17.9 Å². The largest absolute Gasteiger partial charge is 0.494 e. The van der Waals surface area contributed by atoms with Gasteiger partial charge in [-0.2, -0.15) is 0 Å². The number of carbonyl (C=O) groups is 1. The van der Waals surface area contributed by atoms with Crippen molar-refractivity contribution in [1.82, 2.24) is 0 Å². The van der Waals surface area contributed by atoms with E-state index in [2.05, 4.69) is 11.9 Å². The molecule has 2 aromatic rings. The van der Waals surface area contributed by atoms with Crippen LogP contribution in [0.3, 0.4) is 0 Å². The van der Waals surface area contributed by atoms with Crippen LogP contribution in [0.2, 0.25) is 0 Å². The average Bonchev–Trinajstić information content (AvgIpc) is 3.15. The first-order valence-electron chi connectivity index (χ1n) is 11.2. The van der Waals surface area contributed by atoms with Crippen LogP contribution in [0.15, 0.2) is 59.2 Å². The number of hydrogen-bond acceptors (Lipinski definition) is 4. The zero-order valence-electron chi connectivity index (χ0n) is 18.1. The molecule has 1 heterocycles. The van der Waals surface area contributed by atoms with Crippen LogP contribution in [0.25, 0.3) is 6.08 Å². The maximum atomic E-state index is 13.8. The van der Waals surface area contributed by atoms with Gasteiger partial charge in [-0.25, -0.2) is 14.2 Å². The lowest BCUT2D eigenvalue weighted by atomic mass is 10.1. The summed E-state index contributed by atoms with van der Waals surface area (Å²) in [5, 5.41) is 0. The van der Waals surface area contributed by atoms with Crippen molar-refractivity contribution < 1.29 is 18.7 Å². The molecule has 0 saturated carbocycles. The molecule has 0 spiro atoms. The molecule has 1 aliphatic rings.